The maximum Gasteiger partial charge on any atom is 0.354 e. The number of rotatable bonds is 5. The van der Waals surface area contributed by atoms with Crippen molar-refractivity contribution in [3.8, 4) is 0 Å². The summed E-state index contributed by atoms with van der Waals surface area (Å²) in [7, 11) is 0. The summed E-state index contributed by atoms with van der Waals surface area (Å²) in [6.07, 6.45) is 2.14. The Hall–Kier alpha value is -3.15. The molecule has 0 aromatic heterocycles. The molecule has 0 N–H and O–H groups in total. The minimum absolute atomic E-state index is 0.0351. The first kappa shape index (κ1) is 19.8. The summed E-state index contributed by atoms with van der Waals surface area (Å²) in [5, 5.41) is 0. The number of para-hydroxylation sites is 1. The van der Waals surface area contributed by atoms with Crippen LogP contribution < -0.4 is 4.90 Å². The number of anilines is 1. The average molecular weight is 418 g/mol. The first-order valence-corrected chi connectivity index (χ1v) is 11.0. The number of carbonyl (C=O) groups is 3. The van der Waals surface area contributed by atoms with Crippen molar-refractivity contribution < 1.29 is 19.1 Å². The highest BCUT2D eigenvalue weighted by Gasteiger charge is 2.64. The standard InChI is InChI=1S/C25H26N2O4/c1-16(2)18-9-7-17(8-10-18)15-31-24(30)25-14-13-22(28)27(25)21-6-4-3-5-20(21)23(29)26(25)19-11-12-19/h3-10,16,19H,11-15H2,1-2H3. The second kappa shape index (κ2) is 7.22. The maximum atomic E-state index is 13.6. The summed E-state index contributed by atoms with van der Waals surface area (Å²) in [6, 6.07) is 15.0. The quantitative estimate of drug-likeness (QED) is 0.689. The lowest BCUT2D eigenvalue weighted by atomic mass is 9.96. The molecular formula is C25H26N2O4. The molecule has 1 atom stereocenters. The van der Waals surface area contributed by atoms with Gasteiger partial charge in [-0.3, -0.25) is 14.5 Å². The molecule has 2 aromatic carbocycles. The van der Waals surface area contributed by atoms with Gasteiger partial charge in [0, 0.05) is 18.9 Å². The highest BCUT2D eigenvalue weighted by molar-refractivity contribution is 6.15. The van der Waals surface area contributed by atoms with Gasteiger partial charge in [-0.15, -0.1) is 0 Å². The lowest BCUT2D eigenvalue weighted by molar-refractivity contribution is -0.159. The molecule has 160 valence electrons. The van der Waals surface area contributed by atoms with Crippen molar-refractivity contribution in [2.75, 3.05) is 4.90 Å². The fraction of sp³-hybridized carbons (Fsp3) is 0.400. The van der Waals surface area contributed by atoms with Gasteiger partial charge in [0.15, 0.2) is 0 Å². The number of amides is 2. The predicted molar refractivity (Wildman–Crippen MR) is 115 cm³/mol. The Morgan fingerprint density at radius 1 is 1.10 bits per heavy atom. The van der Waals surface area contributed by atoms with Gasteiger partial charge in [0.05, 0.1) is 11.3 Å². The number of benzene rings is 2. The molecule has 2 heterocycles. The van der Waals surface area contributed by atoms with E-state index in [0.29, 0.717) is 17.2 Å². The van der Waals surface area contributed by atoms with Gasteiger partial charge in [-0.2, -0.15) is 0 Å². The molecule has 1 unspecified atom stereocenters. The molecule has 5 rings (SSSR count). The molecule has 2 amide bonds. The molecule has 6 heteroatoms. The van der Waals surface area contributed by atoms with Gasteiger partial charge in [0.2, 0.25) is 11.6 Å². The second-order valence-corrected chi connectivity index (χ2v) is 8.94. The van der Waals surface area contributed by atoms with E-state index in [1.54, 1.807) is 29.2 Å². The molecule has 0 bridgehead atoms. The largest absolute Gasteiger partial charge is 0.458 e. The van der Waals surface area contributed by atoms with E-state index in [9.17, 15) is 14.4 Å². The summed E-state index contributed by atoms with van der Waals surface area (Å²) in [6.45, 7) is 4.36. The number of nitrogens with zero attached hydrogens (tertiary/aromatic N) is 2. The fourth-order valence-electron chi connectivity index (χ4n) is 4.78. The van der Waals surface area contributed by atoms with E-state index < -0.39 is 11.6 Å². The zero-order chi connectivity index (χ0) is 21.8. The van der Waals surface area contributed by atoms with Crippen LogP contribution in [0.5, 0.6) is 0 Å². The third-order valence-electron chi connectivity index (χ3n) is 6.55. The maximum absolute atomic E-state index is 13.6. The van der Waals surface area contributed by atoms with Crippen LogP contribution in [0, 0.1) is 0 Å². The molecule has 2 fully saturated rings. The van der Waals surface area contributed by atoms with Crippen LogP contribution in [0.1, 0.15) is 66.9 Å². The molecule has 2 aliphatic heterocycles. The van der Waals surface area contributed by atoms with Gasteiger partial charge in [0.1, 0.15) is 6.61 Å². The van der Waals surface area contributed by atoms with Gasteiger partial charge in [-0.25, -0.2) is 4.79 Å². The van der Waals surface area contributed by atoms with Gasteiger partial charge in [-0.1, -0.05) is 50.2 Å². The predicted octanol–water partition coefficient (Wildman–Crippen LogP) is 3.99. The number of carbonyl (C=O) groups excluding carboxylic acids is 3. The summed E-state index contributed by atoms with van der Waals surface area (Å²) in [5.41, 5.74) is 1.69. The van der Waals surface area contributed by atoms with E-state index in [-0.39, 0.29) is 37.3 Å². The molecular weight excluding hydrogens is 392 g/mol. The Balaban J connectivity index is 1.48. The molecule has 2 aromatic rings. The highest BCUT2D eigenvalue weighted by Crippen LogP contribution is 2.49. The molecule has 6 nitrogen and oxygen atoms in total. The lowest BCUT2D eigenvalue weighted by Gasteiger charge is -2.48. The Morgan fingerprint density at radius 2 is 1.81 bits per heavy atom. The van der Waals surface area contributed by atoms with Gasteiger partial charge >= 0.3 is 5.97 Å². The molecule has 31 heavy (non-hydrogen) atoms. The topological polar surface area (TPSA) is 66.9 Å². The summed E-state index contributed by atoms with van der Waals surface area (Å²) >= 11 is 0. The van der Waals surface area contributed by atoms with Crippen LogP contribution in [0.4, 0.5) is 5.69 Å². The van der Waals surface area contributed by atoms with Crippen molar-refractivity contribution in [1.29, 1.82) is 0 Å². The minimum atomic E-state index is -1.39. The van der Waals surface area contributed by atoms with Gasteiger partial charge < -0.3 is 9.64 Å². The van der Waals surface area contributed by atoms with E-state index in [1.165, 1.54) is 10.5 Å². The highest BCUT2D eigenvalue weighted by atomic mass is 16.5. The summed E-state index contributed by atoms with van der Waals surface area (Å²) < 4.78 is 5.77. The smallest absolute Gasteiger partial charge is 0.354 e. The van der Waals surface area contributed by atoms with E-state index >= 15 is 0 Å². The third kappa shape index (κ3) is 3.04. The van der Waals surface area contributed by atoms with Crippen LogP contribution >= 0.6 is 0 Å². The normalized spacial score (nSPS) is 22.5. The zero-order valence-electron chi connectivity index (χ0n) is 17.8. The molecule has 1 saturated heterocycles. The van der Waals surface area contributed by atoms with Crippen molar-refractivity contribution >= 4 is 23.5 Å². The van der Waals surface area contributed by atoms with Crippen LogP contribution in [0.2, 0.25) is 0 Å². The van der Waals surface area contributed by atoms with Crippen LogP contribution in [-0.2, 0) is 20.9 Å². The third-order valence-corrected chi connectivity index (χ3v) is 6.55. The molecule has 0 spiro atoms. The van der Waals surface area contributed by atoms with E-state index in [2.05, 4.69) is 13.8 Å². The fourth-order valence-corrected chi connectivity index (χ4v) is 4.78. The first-order valence-electron chi connectivity index (χ1n) is 11.0. The molecule has 1 aliphatic carbocycles. The van der Waals surface area contributed by atoms with Crippen molar-refractivity contribution in [2.45, 2.75) is 63.8 Å². The minimum Gasteiger partial charge on any atom is -0.458 e. The SMILES string of the molecule is CC(C)c1ccc(COC(=O)C23CCC(=O)N2c2ccccc2C(=O)N3C2CC2)cc1. The molecule has 1 saturated carbocycles. The van der Waals surface area contributed by atoms with Gasteiger partial charge in [-0.05, 0) is 42.0 Å². The van der Waals surface area contributed by atoms with Crippen molar-refractivity contribution in [2.24, 2.45) is 0 Å². The molecule has 3 aliphatic rings. The van der Waals surface area contributed by atoms with Crippen molar-refractivity contribution in [3.63, 3.8) is 0 Å². The van der Waals surface area contributed by atoms with Crippen LogP contribution in [0.25, 0.3) is 0 Å². The number of esters is 1. The Kier molecular flexibility index (Phi) is 4.61. The van der Waals surface area contributed by atoms with E-state index in [0.717, 1.165) is 18.4 Å². The van der Waals surface area contributed by atoms with Crippen LogP contribution in [0.15, 0.2) is 48.5 Å². The Labute approximate surface area is 181 Å². The number of fused-ring (bicyclic) bond motifs is 3. The zero-order valence-corrected chi connectivity index (χ0v) is 17.8. The van der Waals surface area contributed by atoms with Crippen molar-refractivity contribution in [3.05, 3.63) is 65.2 Å². The lowest BCUT2D eigenvalue weighted by Crippen LogP contribution is -2.69. The number of ether oxygens (including phenoxy) is 1. The van der Waals surface area contributed by atoms with Crippen LogP contribution in [-0.4, -0.2) is 34.4 Å². The van der Waals surface area contributed by atoms with Crippen LogP contribution in [0.3, 0.4) is 0 Å². The number of hydrogen-bond acceptors (Lipinski definition) is 4. The monoisotopic (exact) mass is 418 g/mol. The number of hydrogen-bond donors (Lipinski definition) is 0. The summed E-state index contributed by atoms with van der Waals surface area (Å²) in [5.74, 6) is -0.443. The second-order valence-electron chi connectivity index (χ2n) is 8.94. The van der Waals surface area contributed by atoms with Gasteiger partial charge in [0.25, 0.3) is 5.91 Å². The first-order chi connectivity index (χ1) is 14.9. The average Bonchev–Trinajstić information content (AvgIpc) is 3.54. The van der Waals surface area contributed by atoms with Crippen molar-refractivity contribution in [1.82, 2.24) is 4.90 Å². The Morgan fingerprint density at radius 3 is 2.48 bits per heavy atom. The Bertz CT molecular complexity index is 1060. The van der Waals surface area contributed by atoms with E-state index in [4.69, 9.17) is 4.74 Å². The van der Waals surface area contributed by atoms with E-state index in [1.807, 2.05) is 24.3 Å². The molecule has 0 radical (unpaired) electrons. The summed E-state index contributed by atoms with van der Waals surface area (Å²) in [4.78, 5) is 43.1.